The lowest BCUT2D eigenvalue weighted by Gasteiger charge is -2.06. The minimum Gasteiger partial charge on any atom is -0.481 e. The Balaban J connectivity index is 1.57. The van der Waals surface area contributed by atoms with Crippen molar-refractivity contribution in [3.05, 3.63) is 88.2 Å². The van der Waals surface area contributed by atoms with Crippen LogP contribution in [0.5, 0.6) is 0 Å². The summed E-state index contributed by atoms with van der Waals surface area (Å²) in [6.07, 6.45) is 2.89. The van der Waals surface area contributed by atoms with E-state index in [1.165, 1.54) is 17.0 Å². The van der Waals surface area contributed by atoms with Crippen molar-refractivity contribution in [1.29, 1.82) is 0 Å². The van der Waals surface area contributed by atoms with Crippen molar-refractivity contribution < 1.29 is 23.2 Å². The van der Waals surface area contributed by atoms with Gasteiger partial charge in [-0.15, -0.1) is 0 Å². The van der Waals surface area contributed by atoms with E-state index in [-0.39, 0.29) is 29.4 Å². The topological polar surface area (TPSA) is 145 Å². The Morgan fingerprint density at radius 1 is 1.11 bits per heavy atom. The molecule has 4 aromatic heterocycles. The maximum absolute atomic E-state index is 14.5. The largest absolute Gasteiger partial charge is 0.481 e. The summed E-state index contributed by atoms with van der Waals surface area (Å²) >= 11 is 0. The van der Waals surface area contributed by atoms with Crippen LogP contribution >= 0.6 is 0 Å². The number of benzene rings is 1. The van der Waals surface area contributed by atoms with Crippen LogP contribution in [0, 0.1) is 11.6 Å². The molecule has 5 rings (SSSR count). The molecular formula is C22H15F2N7O4. The highest BCUT2D eigenvalue weighted by molar-refractivity contribution is 5.70. The highest BCUT2D eigenvalue weighted by Crippen LogP contribution is 2.25. The molecule has 5 aromatic rings. The third-order valence-electron chi connectivity index (χ3n) is 5.08. The number of carbonyl (C=O) groups is 1. The van der Waals surface area contributed by atoms with Crippen molar-refractivity contribution in [3.8, 4) is 28.7 Å². The van der Waals surface area contributed by atoms with Crippen molar-refractivity contribution in [2.45, 2.75) is 13.0 Å². The Bertz CT molecular complexity index is 1590. The Morgan fingerprint density at radius 3 is 2.69 bits per heavy atom. The molecule has 0 aliphatic rings. The summed E-state index contributed by atoms with van der Waals surface area (Å²) in [4.78, 5) is 31.1. The monoisotopic (exact) mass is 479 g/mol. The van der Waals surface area contributed by atoms with Gasteiger partial charge in [-0.1, -0.05) is 23.4 Å². The molecule has 176 valence electrons. The SMILES string of the molecule is O=C(O)Cc1cn(-c2nc(-c3cc(-c4ccon4)n(Cc4ccccc4F)n3)ncc2F)[nH]c1=O. The number of hydrogen-bond donors (Lipinski definition) is 2. The minimum atomic E-state index is -1.21. The number of aromatic nitrogens is 7. The molecule has 0 atom stereocenters. The Morgan fingerprint density at radius 2 is 1.94 bits per heavy atom. The summed E-state index contributed by atoms with van der Waals surface area (Å²) in [7, 11) is 0. The predicted molar refractivity (Wildman–Crippen MR) is 115 cm³/mol. The van der Waals surface area contributed by atoms with E-state index in [0.717, 1.165) is 17.1 Å². The molecule has 0 spiro atoms. The third kappa shape index (κ3) is 4.34. The number of aromatic amines is 1. The summed E-state index contributed by atoms with van der Waals surface area (Å²) in [6.45, 7) is 0.0619. The number of nitrogens with zero attached hydrogens (tertiary/aromatic N) is 6. The van der Waals surface area contributed by atoms with Gasteiger partial charge in [-0.25, -0.2) is 23.4 Å². The van der Waals surface area contributed by atoms with Crippen LogP contribution in [0.25, 0.3) is 28.7 Å². The number of carboxylic acid groups (broad SMARTS) is 1. The molecule has 0 amide bonds. The highest BCUT2D eigenvalue weighted by atomic mass is 19.1. The van der Waals surface area contributed by atoms with Gasteiger partial charge in [0.15, 0.2) is 17.5 Å². The van der Waals surface area contributed by atoms with E-state index < -0.39 is 29.6 Å². The quantitative estimate of drug-likeness (QED) is 0.362. The maximum Gasteiger partial charge on any atom is 0.308 e. The van der Waals surface area contributed by atoms with Crippen molar-refractivity contribution in [3.63, 3.8) is 0 Å². The molecule has 1 aromatic carbocycles. The second kappa shape index (κ2) is 8.78. The molecule has 0 fully saturated rings. The smallest absolute Gasteiger partial charge is 0.308 e. The van der Waals surface area contributed by atoms with Crippen molar-refractivity contribution >= 4 is 5.97 Å². The standard InChI is InChI=1S/C22H15F2N7O4/c23-14-4-2-1-3-12(14)10-30-18(16-5-6-35-29-16)8-17(27-30)20-25-9-15(24)21(26-20)31-11-13(7-19(32)33)22(34)28-31/h1-6,8-9,11H,7,10H2,(H,28,34)(H,32,33). The number of rotatable bonds is 7. The lowest BCUT2D eigenvalue weighted by atomic mass is 10.2. The van der Waals surface area contributed by atoms with Gasteiger partial charge in [-0.05, 0) is 12.1 Å². The number of halogens is 2. The van der Waals surface area contributed by atoms with Gasteiger partial charge in [-0.3, -0.25) is 19.4 Å². The zero-order valence-corrected chi connectivity index (χ0v) is 17.7. The highest BCUT2D eigenvalue weighted by Gasteiger charge is 2.19. The van der Waals surface area contributed by atoms with Crippen LogP contribution < -0.4 is 5.56 Å². The second-order valence-electron chi connectivity index (χ2n) is 7.45. The summed E-state index contributed by atoms with van der Waals surface area (Å²) in [5, 5.41) is 19.7. The maximum atomic E-state index is 14.5. The number of hydrogen-bond acceptors (Lipinski definition) is 7. The van der Waals surface area contributed by atoms with Gasteiger partial charge < -0.3 is 9.63 Å². The molecule has 2 N–H and O–H groups in total. The van der Waals surface area contributed by atoms with E-state index in [4.69, 9.17) is 9.63 Å². The molecule has 13 heteroatoms. The van der Waals surface area contributed by atoms with Gasteiger partial charge in [0, 0.05) is 23.4 Å². The van der Waals surface area contributed by atoms with Crippen molar-refractivity contribution in [2.75, 3.05) is 0 Å². The molecule has 4 heterocycles. The van der Waals surface area contributed by atoms with Gasteiger partial charge in [0.1, 0.15) is 23.5 Å². The van der Waals surface area contributed by atoms with Crippen LogP contribution in [0.1, 0.15) is 11.1 Å². The van der Waals surface area contributed by atoms with Gasteiger partial charge in [0.05, 0.1) is 24.9 Å². The summed E-state index contributed by atoms with van der Waals surface area (Å²) in [5.41, 5.74) is 0.749. The molecule has 0 saturated heterocycles. The summed E-state index contributed by atoms with van der Waals surface area (Å²) in [5.74, 6) is -2.78. The first-order valence-electron chi connectivity index (χ1n) is 10.2. The van der Waals surface area contributed by atoms with E-state index in [0.29, 0.717) is 17.0 Å². The minimum absolute atomic E-state index is 0.00719. The predicted octanol–water partition coefficient (Wildman–Crippen LogP) is 2.43. The van der Waals surface area contributed by atoms with Gasteiger partial charge in [-0.2, -0.15) is 5.10 Å². The fourth-order valence-corrected chi connectivity index (χ4v) is 3.47. The summed E-state index contributed by atoms with van der Waals surface area (Å²) in [6, 6.07) is 9.42. The first kappa shape index (κ1) is 21.9. The van der Waals surface area contributed by atoms with E-state index in [2.05, 4.69) is 25.3 Å². The fraction of sp³-hybridized carbons (Fsp3) is 0.0909. The summed E-state index contributed by atoms with van der Waals surface area (Å²) < 4.78 is 36.2. The van der Waals surface area contributed by atoms with Crippen LogP contribution in [-0.4, -0.2) is 45.8 Å². The molecular weight excluding hydrogens is 464 g/mol. The van der Waals surface area contributed by atoms with Crippen LogP contribution in [0.15, 0.2) is 64.4 Å². The molecule has 0 bridgehead atoms. The van der Waals surface area contributed by atoms with Crippen LogP contribution in [-0.2, 0) is 17.8 Å². The number of aliphatic carboxylic acids is 1. The Kier molecular flexibility index (Phi) is 5.49. The molecule has 0 saturated carbocycles. The normalized spacial score (nSPS) is 11.1. The number of nitrogens with one attached hydrogen (secondary N) is 1. The van der Waals surface area contributed by atoms with Gasteiger partial charge >= 0.3 is 5.97 Å². The first-order chi connectivity index (χ1) is 16.9. The lowest BCUT2D eigenvalue weighted by Crippen LogP contribution is -2.12. The van der Waals surface area contributed by atoms with Crippen molar-refractivity contribution in [1.82, 2.24) is 34.7 Å². The average Bonchev–Trinajstić information content (AvgIpc) is 3.56. The van der Waals surface area contributed by atoms with Crippen molar-refractivity contribution in [2.24, 2.45) is 0 Å². The third-order valence-corrected chi connectivity index (χ3v) is 5.08. The van der Waals surface area contributed by atoms with E-state index in [1.807, 2.05) is 0 Å². The zero-order valence-electron chi connectivity index (χ0n) is 17.7. The fourth-order valence-electron chi connectivity index (χ4n) is 3.47. The molecule has 0 unspecified atom stereocenters. The number of H-pyrrole nitrogens is 1. The molecule has 0 aliphatic heterocycles. The number of carboxylic acids is 1. The van der Waals surface area contributed by atoms with E-state index in [1.54, 1.807) is 30.3 Å². The Labute approximate surface area is 194 Å². The molecule has 0 radical (unpaired) electrons. The first-order valence-corrected chi connectivity index (χ1v) is 10.2. The molecule has 35 heavy (non-hydrogen) atoms. The average molecular weight is 479 g/mol. The second-order valence-corrected chi connectivity index (χ2v) is 7.45. The van der Waals surface area contributed by atoms with Gasteiger partial charge in [0.25, 0.3) is 5.56 Å². The van der Waals surface area contributed by atoms with Crippen LogP contribution in [0.2, 0.25) is 0 Å². The Hall–Kier alpha value is -4.94. The zero-order chi connectivity index (χ0) is 24.5. The van der Waals surface area contributed by atoms with Crippen LogP contribution in [0.3, 0.4) is 0 Å². The van der Waals surface area contributed by atoms with E-state index in [9.17, 15) is 18.4 Å². The van der Waals surface area contributed by atoms with Crippen LogP contribution in [0.4, 0.5) is 8.78 Å². The van der Waals surface area contributed by atoms with E-state index >= 15 is 0 Å². The molecule has 11 nitrogen and oxygen atoms in total. The lowest BCUT2D eigenvalue weighted by molar-refractivity contribution is -0.136. The van der Waals surface area contributed by atoms with Gasteiger partial charge in [0.2, 0.25) is 0 Å². The molecule has 0 aliphatic carbocycles.